The van der Waals surface area contributed by atoms with Gasteiger partial charge in [0.2, 0.25) is 0 Å². The molecule has 0 aliphatic heterocycles. The molecule has 2 N–H and O–H groups in total. The fraction of sp³-hybridized carbons (Fsp3) is 0.889. The summed E-state index contributed by atoms with van der Waals surface area (Å²) < 4.78 is 0. The van der Waals surface area contributed by atoms with Crippen molar-refractivity contribution in [3.05, 3.63) is 0 Å². The van der Waals surface area contributed by atoms with E-state index in [0.29, 0.717) is 5.92 Å². The molecular weight excluding hydrogens is 138 g/mol. The predicted octanol–water partition coefficient (Wildman–Crippen LogP) is 1.34. The van der Waals surface area contributed by atoms with Gasteiger partial charge in [-0.25, -0.2) is 0 Å². The minimum Gasteiger partial charge on any atom is -0.322 e. The van der Waals surface area contributed by atoms with Gasteiger partial charge >= 0.3 is 0 Å². The third kappa shape index (κ3) is 2.29. The van der Waals surface area contributed by atoms with Gasteiger partial charge < -0.3 is 5.73 Å². The molecule has 11 heavy (non-hydrogen) atoms. The number of hydrogen-bond acceptors (Lipinski definition) is 2. The van der Waals surface area contributed by atoms with Crippen LogP contribution in [0.1, 0.15) is 33.1 Å². The predicted molar refractivity (Wildman–Crippen MR) is 45.2 cm³/mol. The third-order valence-electron chi connectivity index (χ3n) is 2.56. The van der Waals surface area contributed by atoms with Gasteiger partial charge in [-0.1, -0.05) is 13.3 Å². The molecule has 0 saturated heterocycles. The van der Waals surface area contributed by atoms with Crippen LogP contribution in [0.3, 0.4) is 0 Å². The first-order chi connectivity index (χ1) is 5.15. The lowest BCUT2D eigenvalue weighted by Gasteiger charge is -2.02. The molecule has 0 amide bonds. The first-order valence-electron chi connectivity index (χ1n) is 4.43. The summed E-state index contributed by atoms with van der Waals surface area (Å²) in [7, 11) is 0. The first kappa shape index (κ1) is 8.72. The Morgan fingerprint density at radius 2 is 2.27 bits per heavy atom. The zero-order valence-electron chi connectivity index (χ0n) is 7.34. The maximum atomic E-state index is 11.1. The van der Waals surface area contributed by atoms with Crippen molar-refractivity contribution >= 4 is 5.78 Å². The Morgan fingerprint density at radius 3 is 2.64 bits per heavy atom. The molecule has 1 rings (SSSR count). The largest absolute Gasteiger partial charge is 0.322 e. The van der Waals surface area contributed by atoms with E-state index >= 15 is 0 Å². The molecule has 0 heterocycles. The number of rotatable bonds is 4. The fourth-order valence-corrected chi connectivity index (χ4v) is 1.50. The molecule has 0 aromatic carbocycles. The maximum absolute atomic E-state index is 11.1. The zero-order chi connectivity index (χ0) is 8.43. The van der Waals surface area contributed by atoms with Gasteiger partial charge in [0, 0.05) is 6.42 Å². The minimum absolute atomic E-state index is 0.228. The third-order valence-corrected chi connectivity index (χ3v) is 2.56. The molecule has 64 valence electrons. The highest BCUT2D eigenvalue weighted by molar-refractivity contribution is 5.83. The minimum atomic E-state index is -0.256. The van der Waals surface area contributed by atoms with E-state index in [-0.39, 0.29) is 11.8 Å². The fourth-order valence-electron chi connectivity index (χ4n) is 1.50. The van der Waals surface area contributed by atoms with Gasteiger partial charge in [-0.2, -0.15) is 0 Å². The molecule has 2 unspecified atom stereocenters. The van der Waals surface area contributed by atoms with Crippen molar-refractivity contribution in [1.29, 1.82) is 0 Å². The highest BCUT2D eigenvalue weighted by Crippen LogP contribution is 2.43. The summed E-state index contributed by atoms with van der Waals surface area (Å²) in [6.07, 6.45) is 3.18. The smallest absolute Gasteiger partial charge is 0.149 e. The van der Waals surface area contributed by atoms with E-state index in [1.54, 1.807) is 6.92 Å². The molecule has 0 aromatic heterocycles. The molecular formula is C9H17NO. The number of nitrogens with two attached hydrogens (primary N) is 1. The van der Waals surface area contributed by atoms with Gasteiger partial charge in [-0.15, -0.1) is 0 Å². The molecule has 1 aliphatic carbocycles. The van der Waals surface area contributed by atoms with Crippen molar-refractivity contribution in [3.8, 4) is 0 Å². The Kier molecular flexibility index (Phi) is 2.66. The second-order valence-corrected chi connectivity index (χ2v) is 3.62. The Labute approximate surface area is 68.2 Å². The number of hydrogen-bond donors (Lipinski definition) is 1. The average Bonchev–Trinajstić information content (AvgIpc) is 2.67. The van der Waals surface area contributed by atoms with Gasteiger partial charge in [0.1, 0.15) is 5.78 Å². The molecule has 1 saturated carbocycles. The summed E-state index contributed by atoms with van der Waals surface area (Å²) in [6, 6.07) is -0.256. The van der Waals surface area contributed by atoms with Crippen LogP contribution in [0, 0.1) is 11.8 Å². The first-order valence-corrected chi connectivity index (χ1v) is 4.43. The topological polar surface area (TPSA) is 43.1 Å². The lowest BCUT2D eigenvalue weighted by molar-refractivity contribution is -0.120. The molecule has 0 aromatic rings. The van der Waals surface area contributed by atoms with E-state index in [0.717, 1.165) is 12.3 Å². The van der Waals surface area contributed by atoms with E-state index in [2.05, 4.69) is 6.92 Å². The van der Waals surface area contributed by atoms with E-state index in [4.69, 9.17) is 5.73 Å². The summed E-state index contributed by atoms with van der Waals surface area (Å²) in [5, 5.41) is 0. The van der Waals surface area contributed by atoms with Crippen LogP contribution in [0.15, 0.2) is 0 Å². The summed E-state index contributed by atoms with van der Waals surface area (Å²) in [5.74, 6) is 1.71. The van der Waals surface area contributed by atoms with Crippen molar-refractivity contribution in [3.63, 3.8) is 0 Å². The molecule has 2 nitrogen and oxygen atoms in total. The quantitative estimate of drug-likeness (QED) is 0.665. The summed E-state index contributed by atoms with van der Waals surface area (Å²) in [5.41, 5.74) is 5.45. The zero-order valence-corrected chi connectivity index (χ0v) is 7.34. The molecule has 1 fully saturated rings. The highest BCUT2D eigenvalue weighted by Gasteiger charge is 2.36. The van der Waals surface area contributed by atoms with Gasteiger partial charge in [0.05, 0.1) is 6.04 Å². The van der Waals surface area contributed by atoms with Crippen molar-refractivity contribution in [2.45, 2.75) is 39.2 Å². The summed E-state index contributed by atoms with van der Waals surface area (Å²) >= 11 is 0. The average molecular weight is 155 g/mol. The molecule has 2 heteroatoms. The number of Topliss-reactive ketones (excluding diaryl/α,β-unsaturated/α-hetero) is 1. The SMILES string of the molecule is CCC1CC1CC(=O)[C@@H](C)N. The van der Waals surface area contributed by atoms with Crippen LogP contribution in [0.4, 0.5) is 0 Å². The van der Waals surface area contributed by atoms with Crippen molar-refractivity contribution < 1.29 is 4.79 Å². The Morgan fingerprint density at radius 1 is 1.64 bits per heavy atom. The van der Waals surface area contributed by atoms with Crippen LogP contribution in [-0.4, -0.2) is 11.8 Å². The van der Waals surface area contributed by atoms with Gasteiger partial charge in [0.15, 0.2) is 0 Å². The summed E-state index contributed by atoms with van der Waals surface area (Å²) in [4.78, 5) is 11.1. The van der Waals surface area contributed by atoms with Crippen LogP contribution in [0.5, 0.6) is 0 Å². The van der Waals surface area contributed by atoms with Crippen LogP contribution >= 0.6 is 0 Å². The second-order valence-electron chi connectivity index (χ2n) is 3.62. The number of carbonyl (C=O) groups is 1. The monoisotopic (exact) mass is 155 g/mol. The van der Waals surface area contributed by atoms with Gasteiger partial charge in [-0.05, 0) is 25.2 Å². The maximum Gasteiger partial charge on any atom is 0.149 e. The number of ketones is 1. The highest BCUT2D eigenvalue weighted by atomic mass is 16.1. The lowest BCUT2D eigenvalue weighted by Crippen LogP contribution is -2.26. The van der Waals surface area contributed by atoms with Gasteiger partial charge in [-0.3, -0.25) is 4.79 Å². The Bertz CT molecular complexity index is 154. The van der Waals surface area contributed by atoms with Crippen LogP contribution < -0.4 is 5.73 Å². The molecule has 3 atom stereocenters. The van der Waals surface area contributed by atoms with Crippen LogP contribution in [0.2, 0.25) is 0 Å². The molecule has 0 radical (unpaired) electrons. The van der Waals surface area contributed by atoms with Gasteiger partial charge in [0.25, 0.3) is 0 Å². The normalized spacial score (nSPS) is 31.5. The Balaban J connectivity index is 2.18. The molecule has 0 bridgehead atoms. The van der Waals surface area contributed by atoms with Crippen molar-refractivity contribution in [2.24, 2.45) is 17.6 Å². The second kappa shape index (κ2) is 3.35. The van der Waals surface area contributed by atoms with E-state index < -0.39 is 0 Å². The van der Waals surface area contributed by atoms with E-state index in [9.17, 15) is 4.79 Å². The molecule has 0 spiro atoms. The molecule has 1 aliphatic rings. The van der Waals surface area contributed by atoms with Crippen molar-refractivity contribution in [2.75, 3.05) is 0 Å². The lowest BCUT2D eigenvalue weighted by atomic mass is 10.1. The van der Waals surface area contributed by atoms with Crippen LogP contribution in [-0.2, 0) is 4.79 Å². The van der Waals surface area contributed by atoms with E-state index in [1.807, 2.05) is 0 Å². The van der Waals surface area contributed by atoms with E-state index in [1.165, 1.54) is 12.8 Å². The number of carbonyl (C=O) groups excluding carboxylic acids is 1. The summed E-state index contributed by atoms with van der Waals surface area (Å²) in [6.45, 7) is 3.95. The van der Waals surface area contributed by atoms with Crippen LogP contribution in [0.25, 0.3) is 0 Å². The van der Waals surface area contributed by atoms with Crippen molar-refractivity contribution in [1.82, 2.24) is 0 Å². The Hall–Kier alpha value is -0.370. The standard InChI is InChI=1S/C9H17NO/c1-3-7-4-8(7)5-9(11)6(2)10/h6-8H,3-5,10H2,1-2H3/t6-,7?,8?/m1/s1.